The van der Waals surface area contributed by atoms with Crippen LogP contribution in [0.15, 0.2) is 41.8 Å². The molecule has 0 aliphatic heterocycles. The quantitative estimate of drug-likeness (QED) is 0.843. The first-order valence-electron chi connectivity index (χ1n) is 5.20. The Morgan fingerprint density at radius 3 is 2.76 bits per heavy atom. The van der Waals surface area contributed by atoms with Gasteiger partial charge >= 0.3 is 0 Å². The molecule has 86 valence electrons. The number of hydrogen-bond acceptors (Lipinski definition) is 3. The van der Waals surface area contributed by atoms with E-state index in [9.17, 15) is 4.79 Å². The second-order valence-corrected chi connectivity index (χ2v) is 4.54. The number of anilines is 1. The highest BCUT2D eigenvalue weighted by molar-refractivity contribution is 7.09. The fraction of sp³-hybridized carbons (Fsp3) is 0.0769. The van der Waals surface area contributed by atoms with Crippen LogP contribution in [0.3, 0.4) is 0 Å². The molecule has 4 heteroatoms. The van der Waals surface area contributed by atoms with Crippen LogP contribution in [-0.4, -0.2) is 10.9 Å². The van der Waals surface area contributed by atoms with Gasteiger partial charge in [0.15, 0.2) is 0 Å². The lowest BCUT2D eigenvalue weighted by molar-refractivity contribution is -0.111. The Morgan fingerprint density at radius 2 is 2.12 bits per heavy atom. The second kappa shape index (κ2) is 5.41. The van der Waals surface area contributed by atoms with Crippen molar-refractivity contribution < 1.29 is 4.79 Å². The smallest absolute Gasteiger partial charge is 0.248 e. The summed E-state index contributed by atoms with van der Waals surface area (Å²) in [6.07, 6.45) is 3.20. The van der Waals surface area contributed by atoms with Crippen molar-refractivity contribution in [2.75, 3.05) is 5.32 Å². The third-order valence-corrected chi connectivity index (χ3v) is 2.88. The first-order chi connectivity index (χ1) is 8.24. The van der Waals surface area contributed by atoms with Gasteiger partial charge < -0.3 is 5.32 Å². The zero-order valence-electron chi connectivity index (χ0n) is 9.38. The van der Waals surface area contributed by atoms with Crippen molar-refractivity contribution in [2.45, 2.75) is 6.92 Å². The molecule has 0 spiro atoms. The van der Waals surface area contributed by atoms with E-state index in [0.717, 1.165) is 16.4 Å². The minimum atomic E-state index is -0.151. The lowest BCUT2D eigenvalue weighted by Crippen LogP contribution is -2.07. The van der Waals surface area contributed by atoms with Crippen molar-refractivity contribution in [1.82, 2.24) is 4.98 Å². The molecule has 0 saturated carbocycles. The zero-order valence-corrected chi connectivity index (χ0v) is 10.2. The monoisotopic (exact) mass is 244 g/mol. The molecule has 1 heterocycles. The molecule has 0 aliphatic rings. The van der Waals surface area contributed by atoms with Gasteiger partial charge in [0.2, 0.25) is 5.91 Å². The van der Waals surface area contributed by atoms with Gasteiger partial charge in [0, 0.05) is 17.1 Å². The SMILES string of the molecule is Cc1nc(/C=C/C(=O)Nc2ccccc2)cs1. The lowest BCUT2D eigenvalue weighted by Gasteiger charge is -1.99. The van der Waals surface area contributed by atoms with Gasteiger partial charge in [-0.2, -0.15) is 0 Å². The van der Waals surface area contributed by atoms with Gasteiger partial charge in [-0.1, -0.05) is 18.2 Å². The Hall–Kier alpha value is -1.94. The molecular formula is C13H12N2OS. The van der Waals surface area contributed by atoms with Crippen LogP contribution in [0.4, 0.5) is 5.69 Å². The highest BCUT2D eigenvalue weighted by atomic mass is 32.1. The first kappa shape index (κ1) is 11.5. The van der Waals surface area contributed by atoms with Crippen LogP contribution >= 0.6 is 11.3 Å². The molecule has 1 amide bonds. The summed E-state index contributed by atoms with van der Waals surface area (Å²) in [6.45, 7) is 1.94. The Morgan fingerprint density at radius 1 is 1.35 bits per heavy atom. The van der Waals surface area contributed by atoms with Gasteiger partial charge in [-0.05, 0) is 25.1 Å². The molecule has 1 aromatic carbocycles. The minimum absolute atomic E-state index is 0.151. The molecule has 0 fully saturated rings. The minimum Gasteiger partial charge on any atom is -0.323 e. The number of nitrogens with zero attached hydrogens (tertiary/aromatic N) is 1. The van der Waals surface area contributed by atoms with E-state index in [1.54, 1.807) is 17.4 Å². The number of aromatic nitrogens is 1. The van der Waals surface area contributed by atoms with E-state index in [-0.39, 0.29) is 5.91 Å². The predicted octanol–water partition coefficient (Wildman–Crippen LogP) is 3.10. The Bertz CT molecular complexity index is 531. The van der Waals surface area contributed by atoms with Gasteiger partial charge in [0.05, 0.1) is 10.7 Å². The number of hydrogen-bond donors (Lipinski definition) is 1. The molecule has 0 radical (unpaired) electrons. The lowest BCUT2D eigenvalue weighted by atomic mass is 10.3. The number of para-hydroxylation sites is 1. The van der Waals surface area contributed by atoms with Gasteiger partial charge in [0.1, 0.15) is 0 Å². The molecule has 0 aliphatic carbocycles. The van der Waals surface area contributed by atoms with Gasteiger partial charge in [0.25, 0.3) is 0 Å². The number of benzene rings is 1. The number of aryl methyl sites for hydroxylation is 1. The van der Waals surface area contributed by atoms with E-state index in [2.05, 4.69) is 10.3 Å². The largest absolute Gasteiger partial charge is 0.323 e. The molecule has 0 unspecified atom stereocenters. The van der Waals surface area contributed by atoms with Crippen LogP contribution < -0.4 is 5.32 Å². The molecule has 0 bridgehead atoms. The molecular weight excluding hydrogens is 232 g/mol. The summed E-state index contributed by atoms with van der Waals surface area (Å²) in [4.78, 5) is 15.8. The number of rotatable bonds is 3. The van der Waals surface area contributed by atoms with Gasteiger partial charge in [-0.15, -0.1) is 11.3 Å². The molecule has 1 aromatic heterocycles. The van der Waals surface area contributed by atoms with E-state index in [1.807, 2.05) is 42.6 Å². The Kier molecular flexibility index (Phi) is 3.67. The molecule has 3 nitrogen and oxygen atoms in total. The number of nitrogens with one attached hydrogen (secondary N) is 1. The zero-order chi connectivity index (χ0) is 12.1. The van der Waals surface area contributed by atoms with Crippen LogP contribution in [-0.2, 0) is 4.79 Å². The van der Waals surface area contributed by atoms with Crippen LogP contribution in [0.2, 0.25) is 0 Å². The van der Waals surface area contributed by atoms with E-state index in [4.69, 9.17) is 0 Å². The molecule has 2 rings (SSSR count). The summed E-state index contributed by atoms with van der Waals surface area (Å²) >= 11 is 1.57. The van der Waals surface area contributed by atoms with E-state index in [1.165, 1.54) is 6.08 Å². The standard InChI is InChI=1S/C13H12N2OS/c1-10-14-12(9-17-10)7-8-13(16)15-11-5-3-2-4-6-11/h2-9H,1H3,(H,15,16)/b8-7+. The maximum Gasteiger partial charge on any atom is 0.248 e. The molecule has 0 atom stereocenters. The maximum atomic E-state index is 11.6. The molecule has 17 heavy (non-hydrogen) atoms. The van der Waals surface area contributed by atoms with Crippen LogP contribution in [0, 0.1) is 6.92 Å². The van der Waals surface area contributed by atoms with Crippen molar-refractivity contribution in [1.29, 1.82) is 0 Å². The third-order valence-electron chi connectivity index (χ3n) is 2.08. The summed E-state index contributed by atoms with van der Waals surface area (Å²) in [6, 6.07) is 9.35. The predicted molar refractivity (Wildman–Crippen MR) is 71.0 cm³/mol. The van der Waals surface area contributed by atoms with Crippen molar-refractivity contribution in [3.8, 4) is 0 Å². The molecule has 1 N–H and O–H groups in total. The van der Waals surface area contributed by atoms with Crippen LogP contribution in [0.5, 0.6) is 0 Å². The maximum absolute atomic E-state index is 11.6. The van der Waals surface area contributed by atoms with Gasteiger partial charge in [-0.3, -0.25) is 4.79 Å². The summed E-state index contributed by atoms with van der Waals surface area (Å²) in [7, 11) is 0. The fourth-order valence-electron chi connectivity index (χ4n) is 1.32. The number of carbonyl (C=O) groups excluding carboxylic acids is 1. The summed E-state index contributed by atoms with van der Waals surface area (Å²) < 4.78 is 0. The summed E-state index contributed by atoms with van der Waals surface area (Å²) in [5.74, 6) is -0.151. The molecule has 0 saturated heterocycles. The number of amides is 1. The summed E-state index contributed by atoms with van der Waals surface area (Å²) in [5, 5.41) is 5.68. The normalized spacial score (nSPS) is 10.6. The topological polar surface area (TPSA) is 42.0 Å². The molecule has 2 aromatic rings. The first-order valence-corrected chi connectivity index (χ1v) is 6.08. The van der Waals surface area contributed by atoms with Crippen molar-refractivity contribution in [3.63, 3.8) is 0 Å². The number of carbonyl (C=O) groups is 1. The number of thiazole rings is 1. The summed E-state index contributed by atoms with van der Waals surface area (Å²) in [5.41, 5.74) is 1.60. The highest BCUT2D eigenvalue weighted by Crippen LogP contribution is 2.09. The highest BCUT2D eigenvalue weighted by Gasteiger charge is 1.97. The van der Waals surface area contributed by atoms with Crippen LogP contribution in [0.25, 0.3) is 6.08 Å². The van der Waals surface area contributed by atoms with E-state index in [0.29, 0.717) is 0 Å². The van der Waals surface area contributed by atoms with Gasteiger partial charge in [-0.25, -0.2) is 4.98 Å². The third kappa shape index (κ3) is 3.53. The van der Waals surface area contributed by atoms with Crippen molar-refractivity contribution in [2.24, 2.45) is 0 Å². The van der Waals surface area contributed by atoms with Crippen molar-refractivity contribution in [3.05, 3.63) is 52.5 Å². The van der Waals surface area contributed by atoms with Crippen LogP contribution in [0.1, 0.15) is 10.7 Å². The average Bonchev–Trinajstić information content (AvgIpc) is 2.74. The van der Waals surface area contributed by atoms with Crippen molar-refractivity contribution >= 4 is 29.0 Å². The average molecular weight is 244 g/mol. The van der Waals surface area contributed by atoms with E-state index < -0.39 is 0 Å². The Labute approximate surface area is 104 Å². The second-order valence-electron chi connectivity index (χ2n) is 3.48. The fourth-order valence-corrected chi connectivity index (χ4v) is 1.90. The Balaban J connectivity index is 1.96. The van der Waals surface area contributed by atoms with E-state index >= 15 is 0 Å².